The highest BCUT2D eigenvalue weighted by Crippen LogP contribution is 2.30. The minimum Gasteiger partial charge on any atom is -0.386 e. The van der Waals surface area contributed by atoms with Crippen molar-refractivity contribution in [3.05, 3.63) is 34.3 Å². The molecule has 0 aromatic heterocycles. The second-order valence-corrected chi connectivity index (χ2v) is 4.97. The van der Waals surface area contributed by atoms with E-state index < -0.39 is 6.10 Å². The van der Waals surface area contributed by atoms with Gasteiger partial charge >= 0.3 is 0 Å². The van der Waals surface area contributed by atoms with Crippen molar-refractivity contribution in [1.82, 2.24) is 0 Å². The Morgan fingerprint density at radius 2 is 2.00 bits per heavy atom. The number of rotatable bonds is 2. The van der Waals surface area contributed by atoms with Crippen LogP contribution >= 0.6 is 15.9 Å². The first-order valence-corrected chi connectivity index (χ1v) is 6.05. The second kappa shape index (κ2) is 4.64. The molecule has 1 heterocycles. The van der Waals surface area contributed by atoms with Crippen LogP contribution in [0.2, 0.25) is 0 Å². The number of halogens is 1. The van der Waals surface area contributed by atoms with Crippen molar-refractivity contribution in [1.29, 1.82) is 0 Å². The highest BCUT2D eigenvalue weighted by molar-refractivity contribution is 9.10. The SMILES string of the molecule is CC1CCC(C(O)c2ccc(Br)cc2)O1. The largest absolute Gasteiger partial charge is 0.386 e. The van der Waals surface area contributed by atoms with E-state index in [2.05, 4.69) is 15.9 Å². The predicted octanol–water partition coefficient (Wildman–Crippen LogP) is 3.05. The maximum atomic E-state index is 10.1. The van der Waals surface area contributed by atoms with Gasteiger partial charge in [-0.2, -0.15) is 0 Å². The fourth-order valence-corrected chi connectivity index (χ4v) is 2.20. The van der Waals surface area contributed by atoms with Crippen LogP contribution in [0.1, 0.15) is 31.4 Å². The topological polar surface area (TPSA) is 29.5 Å². The van der Waals surface area contributed by atoms with Gasteiger partial charge in [0.1, 0.15) is 6.10 Å². The Morgan fingerprint density at radius 1 is 1.33 bits per heavy atom. The average molecular weight is 271 g/mol. The van der Waals surface area contributed by atoms with Gasteiger partial charge in [-0.15, -0.1) is 0 Å². The van der Waals surface area contributed by atoms with E-state index >= 15 is 0 Å². The third kappa shape index (κ3) is 2.60. The molecule has 1 N–H and O–H groups in total. The minimum absolute atomic E-state index is 0.0406. The predicted molar refractivity (Wildman–Crippen MR) is 62.7 cm³/mol. The molecule has 15 heavy (non-hydrogen) atoms. The molecule has 0 spiro atoms. The van der Waals surface area contributed by atoms with Crippen LogP contribution in [0.3, 0.4) is 0 Å². The summed E-state index contributed by atoms with van der Waals surface area (Å²) in [5, 5.41) is 10.1. The molecule has 1 aliphatic heterocycles. The smallest absolute Gasteiger partial charge is 0.105 e. The van der Waals surface area contributed by atoms with E-state index in [4.69, 9.17) is 4.74 Å². The number of aliphatic hydroxyl groups excluding tert-OH is 1. The Labute approximate surface area is 98.4 Å². The zero-order chi connectivity index (χ0) is 10.8. The molecule has 1 saturated heterocycles. The van der Waals surface area contributed by atoms with Gasteiger partial charge in [0.25, 0.3) is 0 Å². The van der Waals surface area contributed by atoms with Crippen LogP contribution in [0, 0.1) is 0 Å². The van der Waals surface area contributed by atoms with Crippen molar-refractivity contribution in [2.75, 3.05) is 0 Å². The summed E-state index contributed by atoms with van der Waals surface area (Å²) in [4.78, 5) is 0. The van der Waals surface area contributed by atoms with Gasteiger partial charge in [-0.1, -0.05) is 28.1 Å². The molecule has 3 unspecified atom stereocenters. The summed E-state index contributed by atoms with van der Waals surface area (Å²) in [7, 11) is 0. The van der Waals surface area contributed by atoms with E-state index in [0.717, 1.165) is 22.9 Å². The van der Waals surface area contributed by atoms with Gasteiger partial charge in [-0.3, -0.25) is 0 Å². The Morgan fingerprint density at radius 3 is 2.53 bits per heavy atom. The molecule has 0 saturated carbocycles. The summed E-state index contributed by atoms with van der Waals surface area (Å²) < 4.78 is 6.67. The van der Waals surface area contributed by atoms with E-state index in [-0.39, 0.29) is 12.2 Å². The van der Waals surface area contributed by atoms with Crippen LogP contribution in [-0.2, 0) is 4.74 Å². The van der Waals surface area contributed by atoms with Gasteiger partial charge in [0, 0.05) is 4.47 Å². The minimum atomic E-state index is -0.497. The molecule has 0 bridgehead atoms. The van der Waals surface area contributed by atoms with Crippen LogP contribution in [0.4, 0.5) is 0 Å². The molecular formula is C12H15BrO2. The van der Waals surface area contributed by atoms with Crippen molar-refractivity contribution in [3.63, 3.8) is 0 Å². The van der Waals surface area contributed by atoms with Crippen LogP contribution in [0.15, 0.2) is 28.7 Å². The van der Waals surface area contributed by atoms with Crippen molar-refractivity contribution in [2.24, 2.45) is 0 Å². The van der Waals surface area contributed by atoms with Gasteiger partial charge < -0.3 is 9.84 Å². The Bertz CT molecular complexity index is 323. The summed E-state index contributed by atoms with van der Waals surface area (Å²) in [5.41, 5.74) is 0.928. The molecule has 2 rings (SSSR count). The van der Waals surface area contributed by atoms with Crippen molar-refractivity contribution >= 4 is 15.9 Å². The Hall–Kier alpha value is -0.380. The van der Waals surface area contributed by atoms with Crippen LogP contribution in [-0.4, -0.2) is 17.3 Å². The molecule has 2 nitrogen and oxygen atoms in total. The lowest BCUT2D eigenvalue weighted by Crippen LogP contribution is -2.18. The van der Waals surface area contributed by atoms with E-state index in [9.17, 15) is 5.11 Å². The highest BCUT2D eigenvalue weighted by Gasteiger charge is 2.29. The Balaban J connectivity index is 2.07. The van der Waals surface area contributed by atoms with E-state index in [1.165, 1.54) is 0 Å². The highest BCUT2D eigenvalue weighted by atomic mass is 79.9. The molecule has 0 radical (unpaired) electrons. The van der Waals surface area contributed by atoms with Crippen LogP contribution in [0.25, 0.3) is 0 Å². The molecule has 3 heteroatoms. The molecule has 3 atom stereocenters. The van der Waals surface area contributed by atoms with Crippen molar-refractivity contribution in [2.45, 2.75) is 38.1 Å². The first-order chi connectivity index (χ1) is 7.16. The summed E-state index contributed by atoms with van der Waals surface area (Å²) in [6.45, 7) is 2.05. The summed E-state index contributed by atoms with van der Waals surface area (Å²) in [5.74, 6) is 0. The Kier molecular flexibility index (Phi) is 3.44. The van der Waals surface area contributed by atoms with Crippen LogP contribution < -0.4 is 0 Å². The first-order valence-electron chi connectivity index (χ1n) is 5.26. The summed E-state index contributed by atoms with van der Waals surface area (Å²) in [6.07, 6.45) is 1.72. The third-order valence-electron chi connectivity index (χ3n) is 2.83. The second-order valence-electron chi connectivity index (χ2n) is 4.06. The number of ether oxygens (including phenoxy) is 1. The van der Waals surface area contributed by atoms with Gasteiger partial charge in [-0.25, -0.2) is 0 Å². The molecule has 0 amide bonds. The average Bonchev–Trinajstić information content (AvgIpc) is 2.65. The quantitative estimate of drug-likeness (QED) is 0.895. The normalized spacial score (nSPS) is 27.9. The first kappa shape index (κ1) is 11.1. The molecular weight excluding hydrogens is 256 g/mol. The fraction of sp³-hybridized carbons (Fsp3) is 0.500. The summed E-state index contributed by atoms with van der Waals surface area (Å²) in [6, 6.07) is 7.75. The third-order valence-corrected chi connectivity index (χ3v) is 3.36. The molecule has 0 aliphatic carbocycles. The maximum absolute atomic E-state index is 10.1. The van der Waals surface area contributed by atoms with Gasteiger partial charge in [-0.05, 0) is 37.5 Å². The lowest BCUT2D eigenvalue weighted by atomic mass is 10.0. The maximum Gasteiger partial charge on any atom is 0.105 e. The molecule has 1 aromatic carbocycles. The number of hydrogen-bond acceptors (Lipinski definition) is 2. The number of benzene rings is 1. The van der Waals surface area contributed by atoms with E-state index in [0.29, 0.717) is 0 Å². The number of aliphatic hydroxyl groups is 1. The molecule has 1 aromatic rings. The number of hydrogen-bond donors (Lipinski definition) is 1. The molecule has 82 valence electrons. The monoisotopic (exact) mass is 270 g/mol. The lowest BCUT2D eigenvalue weighted by molar-refractivity contribution is -0.0297. The van der Waals surface area contributed by atoms with Gasteiger partial charge in [0.05, 0.1) is 12.2 Å². The summed E-state index contributed by atoms with van der Waals surface area (Å²) >= 11 is 3.37. The lowest BCUT2D eigenvalue weighted by Gasteiger charge is -2.18. The van der Waals surface area contributed by atoms with E-state index in [1.54, 1.807) is 0 Å². The van der Waals surface area contributed by atoms with Crippen LogP contribution in [0.5, 0.6) is 0 Å². The zero-order valence-corrected chi connectivity index (χ0v) is 10.3. The van der Waals surface area contributed by atoms with Crippen molar-refractivity contribution in [3.8, 4) is 0 Å². The van der Waals surface area contributed by atoms with Crippen molar-refractivity contribution < 1.29 is 9.84 Å². The molecule has 1 aliphatic rings. The van der Waals surface area contributed by atoms with Gasteiger partial charge in [0.2, 0.25) is 0 Å². The van der Waals surface area contributed by atoms with Gasteiger partial charge in [0.15, 0.2) is 0 Å². The van der Waals surface area contributed by atoms with E-state index in [1.807, 2.05) is 31.2 Å². The zero-order valence-electron chi connectivity index (χ0n) is 8.69. The fourth-order valence-electron chi connectivity index (χ4n) is 1.94. The standard InChI is InChI=1S/C12H15BrO2/c1-8-2-7-11(15-8)12(14)9-3-5-10(13)6-4-9/h3-6,8,11-12,14H,2,7H2,1H3. The molecule has 1 fully saturated rings.